The maximum Gasteiger partial charge on any atom is 0.249 e. The highest BCUT2D eigenvalue weighted by atomic mass is 35.5. The monoisotopic (exact) mass is 1080 g/mol. The fourth-order valence-electron chi connectivity index (χ4n) is 13.7. The summed E-state index contributed by atoms with van der Waals surface area (Å²) in [4.78, 5) is 56.1. The van der Waals surface area contributed by atoms with Crippen LogP contribution in [0.4, 0.5) is 8.78 Å². The van der Waals surface area contributed by atoms with E-state index in [1.165, 1.54) is 23.8 Å². The number of carbonyl (C=O) groups excluding carboxylic acids is 4. The number of hydrogen-bond donors (Lipinski definition) is 4. The number of primary amides is 1. The van der Waals surface area contributed by atoms with E-state index in [9.17, 15) is 24.3 Å². The molecule has 0 radical (unpaired) electrons. The lowest BCUT2D eigenvalue weighted by Gasteiger charge is -2.45. The molecule has 4 aliphatic heterocycles. The third kappa shape index (κ3) is 10.7. The number of hydrogen-bond acceptors (Lipinski definition) is 10. The van der Waals surface area contributed by atoms with Crippen molar-refractivity contribution in [2.75, 3.05) is 52.5 Å². The van der Waals surface area contributed by atoms with Crippen molar-refractivity contribution in [3.05, 3.63) is 111 Å². The Morgan fingerprint density at radius 3 is 2.36 bits per heavy atom. The Balaban J connectivity index is 0.714. The van der Waals surface area contributed by atoms with E-state index >= 15 is 8.78 Å². The van der Waals surface area contributed by atoms with Crippen LogP contribution in [0.3, 0.4) is 0 Å². The van der Waals surface area contributed by atoms with Gasteiger partial charge in [0, 0.05) is 85.5 Å². The SMILES string of the molecule is C[C@H]1c2c(cc(F)c(Cl)c2-c2c(C(N)=O)ccc(OCCO)c2F)O[C@]1(CCNC1CCC(C(=O)N2CCC(C(C)(C)CN3CCC(c4ccc5c(C6CCC(=O)NC6=O)nn(C)c5c4)CC3)CC2)CC1)c1ccccc1. The highest BCUT2D eigenvalue weighted by molar-refractivity contribution is 6.34. The van der Waals surface area contributed by atoms with Crippen LogP contribution in [0.5, 0.6) is 11.5 Å². The van der Waals surface area contributed by atoms with Crippen LogP contribution in [-0.2, 0) is 27.0 Å². The molecule has 3 atom stereocenters. The number of likely N-dealkylation sites (tertiary alicyclic amines) is 2. The maximum absolute atomic E-state index is 16.5. The van der Waals surface area contributed by atoms with E-state index in [2.05, 4.69) is 52.5 Å². The number of fused-ring (bicyclic) bond motifs is 2. The molecule has 17 heteroatoms. The Labute approximate surface area is 454 Å². The van der Waals surface area contributed by atoms with Crippen LogP contribution in [-0.4, -0.2) is 107 Å². The van der Waals surface area contributed by atoms with E-state index in [4.69, 9.17) is 31.9 Å². The second-order valence-electron chi connectivity index (χ2n) is 23.0. The number of nitrogens with one attached hydrogen (secondary N) is 2. The molecule has 77 heavy (non-hydrogen) atoms. The summed E-state index contributed by atoms with van der Waals surface area (Å²) in [5.41, 5.74) is 8.66. The lowest BCUT2D eigenvalue weighted by atomic mass is 9.72. The lowest BCUT2D eigenvalue weighted by Crippen LogP contribution is -2.48. The van der Waals surface area contributed by atoms with Gasteiger partial charge in [-0.05, 0) is 124 Å². The Kier molecular flexibility index (Phi) is 15.8. The van der Waals surface area contributed by atoms with Gasteiger partial charge in [-0.2, -0.15) is 5.10 Å². The number of aliphatic hydroxyl groups is 1. The average Bonchev–Trinajstić information content (AvgIpc) is 4.10. The van der Waals surface area contributed by atoms with Gasteiger partial charge in [0.2, 0.25) is 23.6 Å². The molecule has 1 aliphatic carbocycles. The molecule has 4 aromatic carbocycles. The molecule has 5 heterocycles. The van der Waals surface area contributed by atoms with Crippen LogP contribution in [0, 0.1) is 28.9 Å². The molecular weight excluding hydrogens is 1000 g/mol. The zero-order chi connectivity index (χ0) is 54.3. The highest BCUT2D eigenvalue weighted by Crippen LogP contribution is 2.58. The van der Waals surface area contributed by atoms with Crippen LogP contribution >= 0.6 is 11.6 Å². The first kappa shape index (κ1) is 54.4. The summed E-state index contributed by atoms with van der Waals surface area (Å²) in [6.45, 7) is 11.3. The summed E-state index contributed by atoms with van der Waals surface area (Å²) < 4.78 is 46.5. The number of aromatic nitrogens is 2. The summed E-state index contributed by atoms with van der Waals surface area (Å²) in [5, 5.41) is 21.0. The van der Waals surface area contributed by atoms with Gasteiger partial charge in [-0.15, -0.1) is 0 Å². The summed E-state index contributed by atoms with van der Waals surface area (Å²) in [5.74, 6) is -2.99. The van der Waals surface area contributed by atoms with Crippen LogP contribution in [0.1, 0.15) is 142 Å². The topological polar surface area (TPSA) is 181 Å². The van der Waals surface area contributed by atoms with E-state index in [1.807, 2.05) is 49.0 Å². The molecule has 0 spiro atoms. The minimum atomic E-state index is -1.03. The predicted molar refractivity (Wildman–Crippen MR) is 291 cm³/mol. The van der Waals surface area contributed by atoms with Crippen molar-refractivity contribution in [2.45, 2.75) is 121 Å². The van der Waals surface area contributed by atoms with Crippen LogP contribution in [0.15, 0.2) is 66.7 Å². The molecule has 4 amide bonds. The second-order valence-corrected chi connectivity index (χ2v) is 23.3. The Morgan fingerprint density at radius 1 is 0.948 bits per heavy atom. The maximum atomic E-state index is 16.5. The van der Waals surface area contributed by atoms with Gasteiger partial charge < -0.3 is 35.4 Å². The number of aliphatic hydroxyl groups excluding tert-OH is 1. The third-order valence-electron chi connectivity index (χ3n) is 18.0. The molecule has 14 nitrogen and oxygen atoms in total. The van der Waals surface area contributed by atoms with Crippen molar-refractivity contribution < 1.29 is 42.5 Å². The van der Waals surface area contributed by atoms with Crippen LogP contribution in [0.25, 0.3) is 22.0 Å². The largest absolute Gasteiger partial charge is 0.488 e. The summed E-state index contributed by atoms with van der Waals surface area (Å²) in [6, 6.07) is 20.2. The average molecular weight is 1080 g/mol. The van der Waals surface area contributed by atoms with E-state index in [1.54, 1.807) is 0 Å². The number of rotatable bonds is 16. The Hall–Kier alpha value is -5.94. The number of benzene rings is 4. The first-order chi connectivity index (χ1) is 37.0. The molecule has 1 saturated carbocycles. The summed E-state index contributed by atoms with van der Waals surface area (Å²) in [6.07, 6.45) is 8.71. The number of nitrogens with two attached hydrogens (primary N) is 1. The standard InChI is InChI=1S/C60H72ClF2N7O7/c1-35-50-48(33-45(62)53(61)52(50)51-43(56(64)73)16-18-47(54(51)63)76-31-30-71)77-60(35,40-8-6-5-7-9-40)24-25-65-41-13-10-37(11-14-41)58(75)70-28-22-39(23-29-70)59(2,3)34-69-26-20-36(21-27-69)38-12-15-42-46(32-38)68(4)67-55(42)44-17-19-49(72)66-57(44)74/h5-9,12,15-16,18,32-33,35-37,39,41,44,65,71H,10-11,13-14,17,19-31,34H2,1-4H3,(H2,64,73)(H,66,72,74)/t35-,37?,41?,44?,60-/m0/s1. The predicted octanol–water partition coefficient (Wildman–Crippen LogP) is 9.24. The number of carbonyl (C=O) groups is 4. The van der Waals surface area contributed by atoms with Crippen molar-refractivity contribution in [2.24, 2.45) is 30.0 Å². The van der Waals surface area contributed by atoms with Gasteiger partial charge in [0.05, 0.1) is 34.3 Å². The quantitative estimate of drug-likeness (QED) is 0.0696. The Morgan fingerprint density at radius 2 is 1.68 bits per heavy atom. The van der Waals surface area contributed by atoms with Crippen LogP contribution in [0.2, 0.25) is 5.02 Å². The number of ether oxygens (including phenoxy) is 2. The zero-order valence-corrected chi connectivity index (χ0v) is 45.4. The van der Waals surface area contributed by atoms with Crippen molar-refractivity contribution >= 4 is 46.1 Å². The van der Waals surface area contributed by atoms with E-state index < -0.39 is 35.0 Å². The second kappa shape index (κ2) is 22.4. The van der Waals surface area contributed by atoms with Gasteiger partial charge in [-0.25, -0.2) is 8.78 Å². The molecule has 10 rings (SSSR count). The van der Waals surface area contributed by atoms with E-state index in [-0.39, 0.29) is 81.5 Å². The number of amides is 4. The molecule has 5 aromatic rings. The molecule has 1 aromatic heterocycles. The van der Waals surface area contributed by atoms with E-state index in [0.717, 1.165) is 106 Å². The van der Waals surface area contributed by atoms with Gasteiger partial charge in [-0.3, -0.25) is 29.2 Å². The smallest absolute Gasteiger partial charge is 0.249 e. The number of halogens is 3. The first-order valence-electron chi connectivity index (χ1n) is 27.7. The number of piperidine rings is 3. The zero-order valence-electron chi connectivity index (χ0n) is 44.6. The van der Waals surface area contributed by atoms with Crippen molar-refractivity contribution in [1.29, 1.82) is 0 Å². The molecule has 0 bridgehead atoms. The highest BCUT2D eigenvalue weighted by Gasteiger charge is 2.50. The van der Waals surface area contributed by atoms with Gasteiger partial charge in [0.25, 0.3) is 0 Å². The number of imide groups is 1. The third-order valence-corrected chi connectivity index (χ3v) is 18.3. The minimum absolute atomic E-state index is 0.00969. The molecule has 3 saturated heterocycles. The normalized spacial score (nSPS) is 23.7. The number of aryl methyl sites for hydroxylation is 1. The lowest BCUT2D eigenvalue weighted by molar-refractivity contribution is -0.139. The van der Waals surface area contributed by atoms with Crippen molar-refractivity contribution in [3.8, 4) is 22.6 Å². The molecule has 1 unspecified atom stereocenters. The molecule has 410 valence electrons. The fraction of sp³-hybridized carbons (Fsp3) is 0.517. The summed E-state index contributed by atoms with van der Waals surface area (Å²) in [7, 11) is 1.93. The molecule has 5 N–H and O–H groups in total. The molecule has 4 fully saturated rings. The first-order valence-corrected chi connectivity index (χ1v) is 28.0. The summed E-state index contributed by atoms with van der Waals surface area (Å²) >= 11 is 6.74. The fourth-order valence-corrected chi connectivity index (χ4v) is 13.9. The van der Waals surface area contributed by atoms with Crippen molar-refractivity contribution in [3.63, 3.8) is 0 Å². The van der Waals surface area contributed by atoms with Crippen molar-refractivity contribution in [1.82, 2.24) is 30.2 Å². The van der Waals surface area contributed by atoms with E-state index in [0.29, 0.717) is 43.2 Å². The Bertz CT molecular complexity index is 3040. The van der Waals surface area contributed by atoms with Crippen LogP contribution < -0.4 is 25.8 Å². The number of nitrogens with zero attached hydrogens (tertiary/aromatic N) is 4. The molecular formula is C60H72ClF2N7O7. The van der Waals surface area contributed by atoms with Gasteiger partial charge in [0.15, 0.2) is 11.6 Å². The van der Waals surface area contributed by atoms with Gasteiger partial charge >= 0.3 is 0 Å². The minimum Gasteiger partial charge on any atom is -0.488 e. The van der Waals surface area contributed by atoms with Gasteiger partial charge in [-0.1, -0.05) is 74.8 Å². The van der Waals surface area contributed by atoms with Gasteiger partial charge in [0.1, 0.15) is 23.8 Å². The molecule has 5 aliphatic rings.